The van der Waals surface area contributed by atoms with Crippen molar-refractivity contribution in [3.8, 4) is 11.1 Å². The molecule has 0 aliphatic heterocycles. The molecular formula is C22H30. The second-order valence-corrected chi connectivity index (χ2v) is 6.31. The van der Waals surface area contributed by atoms with Crippen LogP contribution in [0.5, 0.6) is 0 Å². The average Bonchev–Trinajstić information content (AvgIpc) is 2.57. The molecule has 0 saturated heterocycles. The molecule has 0 saturated carbocycles. The number of unbranched alkanes of at least 4 members (excludes halogenated alkanes) is 4. The molecule has 0 heteroatoms. The number of aryl methyl sites for hydroxylation is 2. The maximum Gasteiger partial charge on any atom is -0.0184 e. The van der Waals surface area contributed by atoms with Gasteiger partial charge >= 0.3 is 0 Å². The predicted octanol–water partition coefficient (Wildman–Crippen LogP) is 6.82. The topological polar surface area (TPSA) is 0 Å². The summed E-state index contributed by atoms with van der Waals surface area (Å²) in [5.41, 5.74) is 5.60. The van der Waals surface area contributed by atoms with Crippen LogP contribution < -0.4 is 0 Å². The van der Waals surface area contributed by atoms with E-state index in [1.54, 1.807) is 0 Å². The Balaban J connectivity index is 1.93. The van der Waals surface area contributed by atoms with E-state index in [4.69, 9.17) is 0 Å². The maximum absolute atomic E-state index is 2.29. The molecule has 0 radical (unpaired) electrons. The van der Waals surface area contributed by atoms with Crippen LogP contribution in [0.15, 0.2) is 48.5 Å². The van der Waals surface area contributed by atoms with E-state index in [1.807, 2.05) is 0 Å². The molecule has 0 aliphatic carbocycles. The fourth-order valence-electron chi connectivity index (χ4n) is 2.89. The summed E-state index contributed by atoms with van der Waals surface area (Å²) in [6, 6.07) is 18.3. The number of benzene rings is 2. The summed E-state index contributed by atoms with van der Waals surface area (Å²) >= 11 is 0. The van der Waals surface area contributed by atoms with Gasteiger partial charge in [-0.15, -0.1) is 0 Å². The summed E-state index contributed by atoms with van der Waals surface area (Å²) in [7, 11) is 0. The van der Waals surface area contributed by atoms with Gasteiger partial charge < -0.3 is 0 Å². The molecule has 22 heavy (non-hydrogen) atoms. The standard InChI is InChI=1S/C22H30/c1-3-5-7-9-19-11-15-21(16-12-19)22-17-13-20(14-18-22)10-8-6-4-2/h11-18H,3-10H2,1-2H3. The quantitative estimate of drug-likeness (QED) is 0.445. The fourth-order valence-corrected chi connectivity index (χ4v) is 2.89. The van der Waals surface area contributed by atoms with E-state index in [0.717, 1.165) is 0 Å². The van der Waals surface area contributed by atoms with Gasteiger partial charge in [-0.2, -0.15) is 0 Å². The lowest BCUT2D eigenvalue weighted by molar-refractivity contribution is 0.717. The lowest BCUT2D eigenvalue weighted by atomic mass is 9.99. The highest BCUT2D eigenvalue weighted by Gasteiger charge is 2.00. The van der Waals surface area contributed by atoms with Crippen molar-refractivity contribution in [2.24, 2.45) is 0 Å². The number of hydrogen-bond acceptors (Lipinski definition) is 0. The van der Waals surface area contributed by atoms with Crippen LogP contribution in [-0.4, -0.2) is 0 Å². The predicted molar refractivity (Wildman–Crippen MR) is 98.3 cm³/mol. The summed E-state index contributed by atoms with van der Waals surface area (Å²) < 4.78 is 0. The molecule has 2 rings (SSSR count). The third-order valence-electron chi connectivity index (χ3n) is 4.38. The van der Waals surface area contributed by atoms with Gasteiger partial charge in [-0.1, -0.05) is 88.1 Å². The molecule has 0 spiro atoms. The summed E-state index contributed by atoms with van der Waals surface area (Å²) in [5.74, 6) is 0. The van der Waals surface area contributed by atoms with Crippen LogP contribution >= 0.6 is 0 Å². The minimum Gasteiger partial charge on any atom is -0.0654 e. The van der Waals surface area contributed by atoms with Crippen LogP contribution in [0.4, 0.5) is 0 Å². The van der Waals surface area contributed by atoms with E-state index in [0.29, 0.717) is 0 Å². The van der Waals surface area contributed by atoms with E-state index in [9.17, 15) is 0 Å². The number of rotatable bonds is 9. The van der Waals surface area contributed by atoms with Crippen LogP contribution in [-0.2, 0) is 12.8 Å². The zero-order chi connectivity index (χ0) is 15.6. The van der Waals surface area contributed by atoms with E-state index in [2.05, 4.69) is 62.4 Å². The summed E-state index contributed by atoms with van der Waals surface area (Å²) in [6.07, 6.45) is 10.3. The molecule has 0 atom stereocenters. The normalized spacial score (nSPS) is 10.8. The Morgan fingerprint density at radius 2 is 0.864 bits per heavy atom. The Labute approximate surface area is 136 Å². The van der Waals surface area contributed by atoms with Crippen LogP contribution in [0.1, 0.15) is 63.5 Å². The summed E-state index contributed by atoms with van der Waals surface area (Å²) in [6.45, 7) is 4.52. The molecule has 0 amide bonds. The van der Waals surface area contributed by atoms with Crippen molar-refractivity contribution in [2.45, 2.75) is 65.2 Å². The maximum atomic E-state index is 2.29. The van der Waals surface area contributed by atoms with Crippen molar-refractivity contribution in [1.29, 1.82) is 0 Å². The van der Waals surface area contributed by atoms with Crippen LogP contribution in [0.3, 0.4) is 0 Å². The second kappa shape index (κ2) is 9.46. The van der Waals surface area contributed by atoms with Crippen molar-refractivity contribution in [1.82, 2.24) is 0 Å². The molecule has 0 nitrogen and oxygen atoms in total. The van der Waals surface area contributed by atoms with Crippen molar-refractivity contribution < 1.29 is 0 Å². The molecule has 0 unspecified atom stereocenters. The monoisotopic (exact) mass is 294 g/mol. The third kappa shape index (κ3) is 5.33. The van der Waals surface area contributed by atoms with Crippen molar-refractivity contribution in [2.75, 3.05) is 0 Å². The SMILES string of the molecule is CCCCCc1ccc(-c2ccc(CCCCC)cc2)cc1. The van der Waals surface area contributed by atoms with Gasteiger partial charge in [0.1, 0.15) is 0 Å². The largest absolute Gasteiger partial charge is 0.0654 e. The molecule has 0 bridgehead atoms. The van der Waals surface area contributed by atoms with Crippen molar-refractivity contribution >= 4 is 0 Å². The third-order valence-corrected chi connectivity index (χ3v) is 4.38. The van der Waals surface area contributed by atoms with Crippen molar-refractivity contribution in [3.05, 3.63) is 59.7 Å². The Kier molecular flexibility index (Phi) is 7.22. The van der Waals surface area contributed by atoms with Crippen LogP contribution in [0.25, 0.3) is 11.1 Å². The highest BCUT2D eigenvalue weighted by molar-refractivity contribution is 5.63. The van der Waals surface area contributed by atoms with Gasteiger partial charge in [-0.25, -0.2) is 0 Å². The minimum atomic E-state index is 1.21. The molecule has 0 fully saturated rings. The molecule has 0 aromatic heterocycles. The highest BCUT2D eigenvalue weighted by atomic mass is 14.0. The van der Waals surface area contributed by atoms with E-state index in [1.165, 1.54) is 73.6 Å². The molecule has 2 aromatic rings. The fraction of sp³-hybridized carbons (Fsp3) is 0.455. The first-order valence-electron chi connectivity index (χ1n) is 9.01. The molecule has 0 N–H and O–H groups in total. The lowest BCUT2D eigenvalue weighted by Crippen LogP contribution is -1.87. The van der Waals surface area contributed by atoms with E-state index in [-0.39, 0.29) is 0 Å². The molecule has 2 aromatic carbocycles. The lowest BCUT2D eigenvalue weighted by Gasteiger charge is -2.06. The first-order chi connectivity index (χ1) is 10.8. The second-order valence-electron chi connectivity index (χ2n) is 6.31. The Bertz CT molecular complexity index is 467. The van der Waals surface area contributed by atoms with Gasteiger partial charge in [-0.3, -0.25) is 0 Å². The molecular weight excluding hydrogens is 264 g/mol. The molecule has 0 aliphatic rings. The Morgan fingerprint density at radius 3 is 1.18 bits per heavy atom. The van der Waals surface area contributed by atoms with Gasteiger partial charge in [0.15, 0.2) is 0 Å². The van der Waals surface area contributed by atoms with Gasteiger partial charge in [-0.05, 0) is 47.9 Å². The average molecular weight is 294 g/mol. The Morgan fingerprint density at radius 1 is 0.500 bits per heavy atom. The van der Waals surface area contributed by atoms with Gasteiger partial charge in [0.2, 0.25) is 0 Å². The smallest absolute Gasteiger partial charge is 0.0184 e. The first kappa shape index (κ1) is 16.8. The van der Waals surface area contributed by atoms with Crippen molar-refractivity contribution in [3.63, 3.8) is 0 Å². The highest BCUT2D eigenvalue weighted by Crippen LogP contribution is 2.21. The zero-order valence-electron chi connectivity index (χ0n) is 14.3. The summed E-state index contributed by atoms with van der Waals surface area (Å²) in [4.78, 5) is 0. The zero-order valence-corrected chi connectivity index (χ0v) is 14.3. The minimum absolute atomic E-state index is 1.21. The Hall–Kier alpha value is -1.56. The van der Waals surface area contributed by atoms with Gasteiger partial charge in [0.05, 0.1) is 0 Å². The van der Waals surface area contributed by atoms with E-state index >= 15 is 0 Å². The first-order valence-corrected chi connectivity index (χ1v) is 9.01. The molecule has 118 valence electrons. The van der Waals surface area contributed by atoms with Crippen LogP contribution in [0.2, 0.25) is 0 Å². The summed E-state index contributed by atoms with van der Waals surface area (Å²) in [5, 5.41) is 0. The molecule has 0 heterocycles. The van der Waals surface area contributed by atoms with Gasteiger partial charge in [0.25, 0.3) is 0 Å². The van der Waals surface area contributed by atoms with E-state index < -0.39 is 0 Å². The van der Waals surface area contributed by atoms with Gasteiger partial charge in [0, 0.05) is 0 Å². The number of hydrogen-bond donors (Lipinski definition) is 0. The van der Waals surface area contributed by atoms with Crippen LogP contribution in [0, 0.1) is 0 Å².